The van der Waals surface area contributed by atoms with Crippen molar-refractivity contribution < 1.29 is 5.21 Å². The largest absolute Gasteiger partial charge is 0.411 e. The summed E-state index contributed by atoms with van der Waals surface area (Å²) in [5.74, 6) is 0.331. The van der Waals surface area contributed by atoms with Crippen LogP contribution < -0.4 is 0 Å². The molecule has 0 aliphatic heterocycles. The van der Waals surface area contributed by atoms with Crippen LogP contribution in [0.2, 0.25) is 0 Å². The molecule has 0 bridgehead atoms. The molecule has 1 N–H and O–H groups in total. The molecule has 0 amide bonds. The fraction of sp³-hybridized carbons (Fsp3) is 0.500. The van der Waals surface area contributed by atoms with Crippen LogP contribution in [0.4, 0.5) is 0 Å². The van der Waals surface area contributed by atoms with E-state index in [9.17, 15) is 0 Å². The molecule has 1 heterocycles. The molecule has 0 aromatic carbocycles. The summed E-state index contributed by atoms with van der Waals surface area (Å²) in [4.78, 5) is 0.907. The summed E-state index contributed by atoms with van der Waals surface area (Å²) < 4.78 is 0. The van der Waals surface area contributed by atoms with Crippen LogP contribution in [0.25, 0.3) is 0 Å². The molecule has 0 fully saturated rings. The second-order valence-corrected chi connectivity index (χ2v) is 2.30. The summed E-state index contributed by atoms with van der Waals surface area (Å²) in [7, 11) is 0. The predicted molar refractivity (Wildman–Crippen MR) is 33.5 cm³/mol. The van der Waals surface area contributed by atoms with Crippen LogP contribution in [0.1, 0.15) is 25.5 Å². The van der Waals surface area contributed by atoms with Crippen molar-refractivity contribution in [2.45, 2.75) is 19.8 Å². The first kappa shape index (κ1) is 6.13. The van der Waals surface area contributed by atoms with E-state index in [1.165, 1.54) is 0 Å². The fourth-order valence-electron chi connectivity index (χ4n) is 0.730. The van der Waals surface area contributed by atoms with Crippen molar-refractivity contribution in [2.75, 3.05) is 0 Å². The number of rotatable bonds is 1. The highest BCUT2D eigenvalue weighted by molar-refractivity contribution is 5.03. The Hall–Kier alpha value is -0.990. The average Bonchev–Trinajstić information content (AvgIpc) is 2.13. The number of hydrogen-bond donors (Lipinski definition) is 1. The standard InChI is InChI=1S/C6H10N2O/c1-5(2)6-3-4-7-8(6)9/h3-5,9H,1-2H3. The zero-order valence-corrected chi connectivity index (χ0v) is 5.57. The molecule has 0 saturated carbocycles. The SMILES string of the molecule is CC(C)c1ccnn1O. The molecule has 0 saturated heterocycles. The quantitative estimate of drug-likeness (QED) is 0.575. The Morgan fingerprint density at radius 1 is 1.67 bits per heavy atom. The van der Waals surface area contributed by atoms with Crippen LogP contribution in [0, 0.1) is 0 Å². The van der Waals surface area contributed by atoms with Crippen LogP contribution in [0.3, 0.4) is 0 Å². The lowest BCUT2D eigenvalue weighted by Gasteiger charge is -2.00. The van der Waals surface area contributed by atoms with E-state index in [0.29, 0.717) is 5.92 Å². The van der Waals surface area contributed by atoms with Gasteiger partial charge in [0.1, 0.15) is 0 Å². The van der Waals surface area contributed by atoms with Crippen molar-refractivity contribution >= 4 is 0 Å². The fourth-order valence-corrected chi connectivity index (χ4v) is 0.730. The molecule has 0 atom stereocenters. The third kappa shape index (κ3) is 1.04. The predicted octanol–water partition coefficient (Wildman–Crippen LogP) is 1.24. The molecule has 1 aromatic rings. The molecule has 3 heteroatoms. The molecule has 1 aromatic heterocycles. The van der Waals surface area contributed by atoms with Crippen LogP contribution in [0.15, 0.2) is 12.3 Å². The van der Waals surface area contributed by atoms with Gasteiger partial charge in [-0.2, -0.15) is 0 Å². The van der Waals surface area contributed by atoms with Crippen molar-refractivity contribution in [1.29, 1.82) is 0 Å². The molecular formula is C6H10N2O. The van der Waals surface area contributed by atoms with Crippen molar-refractivity contribution in [1.82, 2.24) is 9.94 Å². The van der Waals surface area contributed by atoms with Crippen LogP contribution in [-0.4, -0.2) is 15.2 Å². The van der Waals surface area contributed by atoms with Gasteiger partial charge in [-0.1, -0.05) is 13.8 Å². The first-order chi connectivity index (χ1) is 4.22. The molecule has 0 aliphatic rings. The van der Waals surface area contributed by atoms with E-state index in [-0.39, 0.29) is 0 Å². The average molecular weight is 126 g/mol. The van der Waals surface area contributed by atoms with Crippen LogP contribution in [-0.2, 0) is 0 Å². The highest BCUT2D eigenvalue weighted by Crippen LogP contribution is 2.10. The Kier molecular flexibility index (Phi) is 1.42. The zero-order valence-electron chi connectivity index (χ0n) is 5.57. The molecule has 0 aliphatic carbocycles. The van der Waals surface area contributed by atoms with E-state index in [2.05, 4.69) is 5.10 Å². The minimum Gasteiger partial charge on any atom is -0.411 e. The second kappa shape index (κ2) is 2.09. The maximum Gasteiger partial charge on any atom is 0.0823 e. The highest BCUT2D eigenvalue weighted by atomic mass is 16.5. The lowest BCUT2D eigenvalue weighted by molar-refractivity contribution is 0.137. The Morgan fingerprint density at radius 3 is 2.56 bits per heavy atom. The Bertz CT molecular complexity index is 193. The molecule has 0 unspecified atom stereocenters. The van der Waals surface area contributed by atoms with Crippen LogP contribution >= 0.6 is 0 Å². The van der Waals surface area contributed by atoms with E-state index in [1.807, 2.05) is 13.8 Å². The monoisotopic (exact) mass is 126 g/mol. The van der Waals surface area contributed by atoms with E-state index < -0.39 is 0 Å². The summed E-state index contributed by atoms with van der Waals surface area (Å²) in [6.45, 7) is 4.01. The van der Waals surface area contributed by atoms with E-state index in [4.69, 9.17) is 5.21 Å². The molecule has 0 radical (unpaired) electrons. The third-order valence-corrected chi connectivity index (χ3v) is 1.24. The lowest BCUT2D eigenvalue weighted by atomic mass is 10.1. The summed E-state index contributed by atoms with van der Waals surface area (Å²) in [5, 5.41) is 12.5. The van der Waals surface area contributed by atoms with E-state index >= 15 is 0 Å². The van der Waals surface area contributed by atoms with E-state index in [1.54, 1.807) is 12.3 Å². The maximum absolute atomic E-state index is 8.93. The summed E-state index contributed by atoms with van der Waals surface area (Å²) in [6, 6.07) is 1.80. The Balaban J connectivity index is 2.94. The van der Waals surface area contributed by atoms with Gasteiger partial charge in [0.15, 0.2) is 0 Å². The van der Waals surface area contributed by atoms with Gasteiger partial charge in [0, 0.05) is 0 Å². The Labute approximate surface area is 53.9 Å². The number of aromatic nitrogens is 2. The zero-order chi connectivity index (χ0) is 6.85. The van der Waals surface area contributed by atoms with Gasteiger partial charge in [0.05, 0.1) is 11.9 Å². The minimum absolute atomic E-state index is 0.331. The molecule has 50 valence electrons. The van der Waals surface area contributed by atoms with Crippen molar-refractivity contribution in [2.24, 2.45) is 0 Å². The third-order valence-electron chi connectivity index (χ3n) is 1.24. The highest BCUT2D eigenvalue weighted by Gasteiger charge is 2.03. The van der Waals surface area contributed by atoms with Gasteiger partial charge in [-0.05, 0) is 12.0 Å². The molecule has 0 spiro atoms. The van der Waals surface area contributed by atoms with Gasteiger partial charge in [-0.25, -0.2) is 0 Å². The van der Waals surface area contributed by atoms with Crippen molar-refractivity contribution in [3.8, 4) is 0 Å². The number of nitrogens with zero attached hydrogens (tertiary/aromatic N) is 2. The molecule has 9 heavy (non-hydrogen) atoms. The summed E-state index contributed by atoms with van der Waals surface area (Å²) >= 11 is 0. The first-order valence-corrected chi connectivity index (χ1v) is 2.95. The van der Waals surface area contributed by atoms with Gasteiger partial charge in [0.25, 0.3) is 0 Å². The van der Waals surface area contributed by atoms with Crippen molar-refractivity contribution in [3.63, 3.8) is 0 Å². The molecular weight excluding hydrogens is 116 g/mol. The number of hydrogen-bond acceptors (Lipinski definition) is 2. The van der Waals surface area contributed by atoms with Gasteiger partial charge in [-0.15, -0.1) is 9.94 Å². The van der Waals surface area contributed by atoms with Gasteiger partial charge >= 0.3 is 0 Å². The van der Waals surface area contributed by atoms with E-state index in [0.717, 1.165) is 10.5 Å². The van der Waals surface area contributed by atoms with Gasteiger partial charge in [-0.3, -0.25) is 0 Å². The van der Waals surface area contributed by atoms with Gasteiger partial charge < -0.3 is 5.21 Å². The van der Waals surface area contributed by atoms with Crippen molar-refractivity contribution in [3.05, 3.63) is 18.0 Å². The summed E-state index contributed by atoms with van der Waals surface area (Å²) in [6.07, 6.45) is 1.58. The molecule has 1 rings (SSSR count). The first-order valence-electron chi connectivity index (χ1n) is 2.95. The normalized spacial score (nSPS) is 10.6. The molecule has 3 nitrogen and oxygen atoms in total. The lowest BCUT2D eigenvalue weighted by Crippen LogP contribution is -2.00. The maximum atomic E-state index is 8.93. The summed E-state index contributed by atoms with van der Waals surface area (Å²) in [5.41, 5.74) is 0.843. The van der Waals surface area contributed by atoms with Gasteiger partial charge in [0.2, 0.25) is 0 Å². The smallest absolute Gasteiger partial charge is 0.0823 e. The second-order valence-electron chi connectivity index (χ2n) is 2.30. The minimum atomic E-state index is 0.331. The Morgan fingerprint density at radius 2 is 2.33 bits per heavy atom. The van der Waals surface area contributed by atoms with Crippen LogP contribution in [0.5, 0.6) is 0 Å². The topological polar surface area (TPSA) is 38.0 Å².